The molecule has 1 N–H and O–H groups in total. The highest BCUT2D eigenvalue weighted by atomic mass is 16.5. The van der Waals surface area contributed by atoms with E-state index in [0.29, 0.717) is 25.2 Å². The molecular formula is C22H34N2O3. The average Bonchev–Trinajstić information content (AvgIpc) is 2.94. The van der Waals surface area contributed by atoms with E-state index in [1.54, 1.807) is 0 Å². The van der Waals surface area contributed by atoms with Crippen LogP contribution in [0.25, 0.3) is 0 Å². The molecule has 1 aromatic carbocycles. The number of hydrogen-bond donors (Lipinski definition) is 1. The summed E-state index contributed by atoms with van der Waals surface area (Å²) in [7, 11) is 0. The number of benzene rings is 1. The molecule has 1 unspecified atom stereocenters. The van der Waals surface area contributed by atoms with Crippen molar-refractivity contribution in [3.63, 3.8) is 0 Å². The highest BCUT2D eigenvalue weighted by Crippen LogP contribution is 2.32. The van der Waals surface area contributed by atoms with Crippen LogP contribution in [-0.4, -0.2) is 43.2 Å². The molecule has 1 saturated heterocycles. The number of nitrogens with zero attached hydrogens (tertiary/aromatic N) is 1. The van der Waals surface area contributed by atoms with Crippen LogP contribution >= 0.6 is 0 Å². The predicted octanol–water partition coefficient (Wildman–Crippen LogP) is 3.93. The van der Waals surface area contributed by atoms with Gasteiger partial charge in [0.15, 0.2) is 11.5 Å². The van der Waals surface area contributed by atoms with Crippen LogP contribution in [-0.2, 0) is 4.79 Å². The van der Waals surface area contributed by atoms with Gasteiger partial charge in [-0.2, -0.15) is 0 Å². The number of fused-ring (bicyclic) bond motifs is 1. The van der Waals surface area contributed by atoms with Gasteiger partial charge in [0.25, 0.3) is 0 Å². The Kier molecular flexibility index (Phi) is 7.00. The third kappa shape index (κ3) is 4.95. The Morgan fingerprint density at radius 1 is 1.15 bits per heavy atom. The predicted molar refractivity (Wildman–Crippen MR) is 107 cm³/mol. The summed E-state index contributed by atoms with van der Waals surface area (Å²) in [4.78, 5) is 14.6. The lowest BCUT2D eigenvalue weighted by Gasteiger charge is -2.35. The molecule has 2 aliphatic heterocycles. The van der Waals surface area contributed by atoms with Crippen LogP contribution < -0.4 is 14.8 Å². The van der Waals surface area contributed by atoms with Crippen LogP contribution in [0.5, 0.6) is 11.5 Å². The molecule has 2 heterocycles. The first-order chi connectivity index (χ1) is 13.1. The zero-order valence-corrected chi connectivity index (χ0v) is 17.0. The summed E-state index contributed by atoms with van der Waals surface area (Å²) in [6.45, 7) is 9.56. The number of hydrogen-bond acceptors (Lipinski definition) is 4. The van der Waals surface area contributed by atoms with E-state index in [2.05, 4.69) is 43.1 Å². The van der Waals surface area contributed by atoms with Crippen molar-refractivity contribution in [3.8, 4) is 11.5 Å². The summed E-state index contributed by atoms with van der Waals surface area (Å²) in [6.07, 6.45) is 4.83. The Bertz CT molecular complexity index is 622. The largest absolute Gasteiger partial charge is 0.490 e. The van der Waals surface area contributed by atoms with E-state index in [0.717, 1.165) is 56.7 Å². The van der Waals surface area contributed by atoms with Crippen molar-refractivity contribution in [2.24, 2.45) is 5.92 Å². The molecule has 0 saturated carbocycles. The first-order valence-corrected chi connectivity index (χ1v) is 10.6. The van der Waals surface area contributed by atoms with E-state index >= 15 is 0 Å². The van der Waals surface area contributed by atoms with Gasteiger partial charge in [-0.1, -0.05) is 19.9 Å². The minimum Gasteiger partial charge on any atom is -0.490 e. The number of carbonyl (C=O) groups is 1. The molecule has 3 rings (SSSR count). The van der Waals surface area contributed by atoms with Crippen molar-refractivity contribution in [1.29, 1.82) is 0 Å². The Balaban J connectivity index is 1.53. The quantitative estimate of drug-likeness (QED) is 0.820. The summed E-state index contributed by atoms with van der Waals surface area (Å²) in [5.41, 5.74) is 1.22. The van der Waals surface area contributed by atoms with Crippen molar-refractivity contribution in [1.82, 2.24) is 10.2 Å². The first kappa shape index (κ1) is 20.0. The topological polar surface area (TPSA) is 50.8 Å². The minimum atomic E-state index is 0.190. The van der Waals surface area contributed by atoms with E-state index in [9.17, 15) is 4.79 Å². The number of likely N-dealkylation sites (tertiary alicyclic amines) is 1. The van der Waals surface area contributed by atoms with Crippen molar-refractivity contribution in [2.45, 2.75) is 65.0 Å². The van der Waals surface area contributed by atoms with Gasteiger partial charge < -0.3 is 19.7 Å². The summed E-state index contributed by atoms with van der Waals surface area (Å²) in [5, 5.41) is 3.74. The van der Waals surface area contributed by atoms with E-state index in [-0.39, 0.29) is 12.0 Å². The van der Waals surface area contributed by atoms with Crippen molar-refractivity contribution < 1.29 is 14.3 Å². The highest BCUT2D eigenvalue weighted by molar-refractivity contribution is 5.78. The number of rotatable bonds is 6. The Labute approximate surface area is 163 Å². The zero-order valence-electron chi connectivity index (χ0n) is 17.0. The maximum absolute atomic E-state index is 12.6. The zero-order chi connectivity index (χ0) is 19.2. The van der Waals surface area contributed by atoms with E-state index < -0.39 is 0 Å². The highest BCUT2D eigenvalue weighted by Gasteiger charge is 2.27. The molecule has 0 radical (unpaired) electrons. The smallest absolute Gasteiger partial charge is 0.225 e. The molecule has 27 heavy (non-hydrogen) atoms. The average molecular weight is 375 g/mol. The standard InChI is InChI=1S/C22H34N2O3/c1-4-17(5-2)22(25)24-11-9-19(10-12-24)23-16(3)18-7-8-20-21(15-18)27-14-6-13-26-20/h7-8,15-17,19,23H,4-6,9-14H2,1-3H3. The lowest BCUT2D eigenvalue weighted by Crippen LogP contribution is -2.47. The molecule has 1 atom stereocenters. The number of amides is 1. The maximum atomic E-state index is 12.6. The van der Waals surface area contributed by atoms with Crippen LogP contribution in [0.3, 0.4) is 0 Å². The van der Waals surface area contributed by atoms with Gasteiger partial charge in [-0.25, -0.2) is 0 Å². The van der Waals surface area contributed by atoms with Crippen molar-refractivity contribution in [3.05, 3.63) is 23.8 Å². The lowest BCUT2D eigenvalue weighted by molar-refractivity contribution is -0.136. The molecule has 1 amide bonds. The van der Waals surface area contributed by atoms with Crippen LogP contribution in [0.1, 0.15) is 64.5 Å². The molecule has 5 heteroatoms. The van der Waals surface area contributed by atoms with E-state index in [1.165, 1.54) is 5.56 Å². The van der Waals surface area contributed by atoms with Gasteiger partial charge in [0, 0.05) is 37.5 Å². The molecular weight excluding hydrogens is 340 g/mol. The van der Waals surface area contributed by atoms with Gasteiger partial charge in [0.1, 0.15) is 0 Å². The molecule has 1 fully saturated rings. The maximum Gasteiger partial charge on any atom is 0.225 e. The fourth-order valence-electron chi connectivity index (χ4n) is 4.06. The van der Waals surface area contributed by atoms with Crippen LogP contribution in [0.15, 0.2) is 18.2 Å². The second kappa shape index (κ2) is 9.45. The Hall–Kier alpha value is -1.75. The number of nitrogens with one attached hydrogen (secondary N) is 1. The normalized spacial score (nSPS) is 19.0. The van der Waals surface area contributed by atoms with Crippen LogP contribution in [0, 0.1) is 5.92 Å². The van der Waals surface area contributed by atoms with Crippen LogP contribution in [0.4, 0.5) is 0 Å². The van der Waals surface area contributed by atoms with Crippen molar-refractivity contribution >= 4 is 5.91 Å². The Morgan fingerprint density at radius 3 is 2.48 bits per heavy atom. The molecule has 0 aliphatic carbocycles. The monoisotopic (exact) mass is 374 g/mol. The van der Waals surface area contributed by atoms with Gasteiger partial charge in [0.2, 0.25) is 5.91 Å². The lowest BCUT2D eigenvalue weighted by atomic mass is 9.97. The second-order valence-corrected chi connectivity index (χ2v) is 7.76. The van der Waals surface area contributed by atoms with Gasteiger partial charge in [-0.15, -0.1) is 0 Å². The molecule has 0 aromatic heterocycles. The molecule has 0 bridgehead atoms. The second-order valence-electron chi connectivity index (χ2n) is 7.76. The first-order valence-electron chi connectivity index (χ1n) is 10.6. The van der Waals surface area contributed by atoms with Crippen molar-refractivity contribution in [2.75, 3.05) is 26.3 Å². The molecule has 0 spiro atoms. The summed E-state index contributed by atoms with van der Waals surface area (Å²) in [6, 6.07) is 6.93. The molecule has 150 valence electrons. The summed E-state index contributed by atoms with van der Waals surface area (Å²) < 4.78 is 11.5. The Morgan fingerprint density at radius 2 is 1.81 bits per heavy atom. The van der Waals surface area contributed by atoms with Gasteiger partial charge in [-0.05, 0) is 50.3 Å². The third-order valence-electron chi connectivity index (χ3n) is 5.90. The summed E-state index contributed by atoms with van der Waals surface area (Å²) >= 11 is 0. The van der Waals surface area contributed by atoms with E-state index in [4.69, 9.17) is 9.47 Å². The minimum absolute atomic E-state index is 0.190. The third-order valence-corrected chi connectivity index (χ3v) is 5.90. The van der Waals surface area contributed by atoms with E-state index in [1.807, 2.05) is 6.07 Å². The van der Waals surface area contributed by atoms with Gasteiger partial charge in [-0.3, -0.25) is 4.79 Å². The number of piperidine rings is 1. The molecule has 2 aliphatic rings. The van der Waals surface area contributed by atoms with Gasteiger partial charge in [0.05, 0.1) is 13.2 Å². The fourth-order valence-corrected chi connectivity index (χ4v) is 4.06. The molecule has 1 aromatic rings. The molecule has 5 nitrogen and oxygen atoms in total. The number of carbonyl (C=O) groups excluding carboxylic acids is 1. The summed E-state index contributed by atoms with van der Waals surface area (Å²) in [5.74, 6) is 2.23. The van der Waals surface area contributed by atoms with Gasteiger partial charge >= 0.3 is 0 Å². The SMILES string of the molecule is CCC(CC)C(=O)N1CCC(NC(C)c2ccc3c(c2)OCCCO3)CC1. The van der Waals surface area contributed by atoms with Crippen LogP contribution in [0.2, 0.25) is 0 Å². The fraction of sp³-hybridized carbons (Fsp3) is 0.682. The number of ether oxygens (including phenoxy) is 2.